The summed E-state index contributed by atoms with van der Waals surface area (Å²) in [7, 11) is -3.22. The van der Waals surface area contributed by atoms with Crippen LogP contribution in [0.3, 0.4) is 0 Å². The van der Waals surface area contributed by atoms with E-state index in [1.54, 1.807) is 12.1 Å². The molecule has 0 unspecified atom stereocenters. The number of hydrogen-bond donors (Lipinski definition) is 1. The molecule has 1 aromatic heterocycles. The molecular weight excluding hydrogens is 368 g/mol. The molecule has 1 amide bonds. The lowest BCUT2D eigenvalue weighted by molar-refractivity contribution is -0.116. The molecule has 0 aliphatic rings. The Morgan fingerprint density at radius 2 is 1.92 bits per heavy atom. The van der Waals surface area contributed by atoms with Crippen molar-refractivity contribution >= 4 is 42.4 Å². The van der Waals surface area contributed by atoms with Crippen LogP contribution in [0.5, 0.6) is 0 Å². The molecule has 2 aromatic carbocycles. The molecule has 0 saturated heterocycles. The molecule has 26 heavy (non-hydrogen) atoms. The van der Waals surface area contributed by atoms with Gasteiger partial charge in [-0.05, 0) is 36.6 Å². The minimum atomic E-state index is -3.22. The van der Waals surface area contributed by atoms with Crippen LogP contribution in [0.4, 0.5) is 5.13 Å². The summed E-state index contributed by atoms with van der Waals surface area (Å²) >= 11 is 1.42. The summed E-state index contributed by atoms with van der Waals surface area (Å²) in [5.74, 6) is -0.211. The van der Waals surface area contributed by atoms with E-state index < -0.39 is 9.84 Å². The number of nitrogens with one attached hydrogen (secondary N) is 1. The van der Waals surface area contributed by atoms with Gasteiger partial charge in [-0.2, -0.15) is 0 Å². The second kappa shape index (κ2) is 7.97. The van der Waals surface area contributed by atoms with Crippen molar-refractivity contribution in [1.82, 2.24) is 4.98 Å². The molecule has 136 valence electrons. The number of sulfone groups is 1. The summed E-state index contributed by atoms with van der Waals surface area (Å²) < 4.78 is 25.3. The van der Waals surface area contributed by atoms with Crippen LogP contribution in [0.15, 0.2) is 48.5 Å². The van der Waals surface area contributed by atoms with Crippen molar-refractivity contribution in [2.24, 2.45) is 0 Å². The van der Waals surface area contributed by atoms with Gasteiger partial charge >= 0.3 is 0 Å². The molecule has 1 N–H and O–H groups in total. The molecule has 3 rings (SSSR count). The molecule has 3 aromatic rings. The van der Waals surface area contributed by atoms with Crippen molar-refractivity contribution in [3.8, 4) is 0 Å². The Morgan fingerprint density at radius 3 is 2.69 bits per heavy atom. The van der Waals surface area contributed by atoms with E-state index in [2.05, 4.69) is 10.3 Å². The zero-order valence-electron chi connectivity index (χ0n) is 14.4. The molecule has 7 heteroatoms. The number of amides is 1. The van der Waals surface area contributed by atoms with Crippen LogP contribution in [0.1, 0.15) is 24.0 Å². The topological polar surface area (TPSA) is 76.1 Å². The summed E-state index contributed by atoms with van der Waals surface area (Å²) in [6, 6.07) is 15.0. The molecule has 0 fully saturated rings. The second-order valence-corrected chi connectivity index (χ2v) is 9.43. The fraction of sp³-hybridized carbons (Fsp3) is 0.263. The first-order valence-corrected chi connectivity index (χ1v) is 11.0. The van der Waals surface area contributed by atoms with Crippen LogP contribution in [-0.2, 0) is 20.4 Å². The number of aryl methyl sites for hydroxylation is 1. The molecular formula is C19H20N2O3S2. The molecule has 0 saturated carbocycles. The number of fused-ring (bicyclic) bond motifs is 1. The Kier molecular flexibility index (Phi) is 5.68. The smallest absolute Gasteiger partial charge is 0.226 e. The second-order valence-electron chi connectivity index (χ2n) is 6.22. The maximum absolute atomic E-state index is 12.1. The number of rotatable bonds is 7. The highest BCUT2D eigenvalue weighted by Crippen LogP contribution is 2.26. The van der Waals surface area contributed by atoms with Crippen molar-refractivity contribution in [2.75, 3.05) is 11.1 Å². The number of benzene rings is 2. The third-order valence-corrected chi connectivity index (χ3v) is 6.50. The van der Waals surface area contributed by atoms with Gasteiger partial charge in [0.25, 0.3) is 0 Å². The van der Waals surface area contributed by atoms with E-state index in [1.165, 1.54) is 11.3 Å². The van der Waals surface area contributed by atoms with Crippen molar-refractivity contribution < 1.29 is 13.2 Å². The monoisotopic (exact) mass is 388 g/mol. The maximum Gasteiger partial charge on any atom is 0.226 e. The van der Waals surface area contributed by atoms with Gasteiger partial charge in [0, 0.05) is 6.42 Å². The predicted octanol–water partition coefficient (Wildman–Crippen LogP) is 3.94. The van der Waals surface area contributed by atoms with Crippen LogP contribution >= 0.6 is 11.3 Å². The molecule has 0 atom stereocenters. The van der Waals surface area contributed by atoms with E-state index in [9.17, 15) is 13.2 Å². The average Bonchev–Trinajstić information content (AvgIpc) is 2.96. The van der Waals surface area contributed by atoms with Crippen molar-refractivity contribution in [1.29, 1.82) is 0 Å². The molecule has 1 heterocycles. The number of aromatic nitrogens is 1. The largest absolute Gasteiger partial charge is 0.302 e. The first-order valence-electron chi connectivity index (χ1n) is 8.33. The Morgan fingerprint density at radius 1 is 1.15 bits per heavy atom. The molecule has 0 radical (unpaired) electrons. The highest BCUT2D eigenvalue weighted by atomic mass is 32.2. The van der Waals surface area contributed by atoms with E-state index in [1.807, 2.05) is 43.3 Å². The van der Waals surface area contributed by atoms with E-state index in [0.717, 1.165) is 21.3 Å². The quantitative estimate of drug-likeness (QED) is 0.665. The number of nitrogens with zero attached hydrogens (tertiary/aromatic N) is 1. The fourth-order valence-corrected chi connectivity index (χ4v) is 5.03. The summed E-state index contributed by atoms with van der Waals surface area (Å²) in [5.41, 5.74) is 2.76. The van der Waals surface area contributed by atoms with Crippen molar-refractivity contribution in [3.63, 3.8) is 0 Å². The lowest BCUT2D eigenvalue weighted by Crippen LogP contribution is -2.15. The van der Waals surface area contributed by atoms with Gasteiger partial charge in [0.05, 0.1) is 21.7 Å². The molecule has 0 bridgehead atoms. The lowest BCUT2D eigenvalue weighted by Gasteiger charge is -2.05. The summed E-state index contributed by atoms with van der Waals surface area (Å²) in [5, 5.41) is 3.30. The van der Waals surface area contributed by atoms with Crippen molar-refractivity contribution in [2.45, 2.75) is 25.5 Å². The van der Waals surface area contributed by atoms with E-state index in [4.69, 9.17) is 0 Å². The molecule has 0 spiro atoms. The zero-order chi connectivity index (χ0) is 18.6. The standard InChI is InChI=1S/C19H20N2O3S2/c1-14-9-10-16-17(12-14)25-19(20-16)21-18(22)8-5-11-26(23,24)13-15-6-3-2-4-7-15/h2-4,6-7,9-10,12H,5,8,11,13H2,1H3,(H,20,21,22). The lowest BCUT2D eigenvalue weighted by atomic mass is 10.2. The first-order chi connectivity index (χ1) is 12.4. The van der Waals surface area contributed by atoms with Gasteiger partial charge in [0.15, 0.2) is 15.0 Å². The summed E-state index contributed by atoms with van der Waals surface area (Å²) in [6.07, 6.45) is 0.452. The third kappa shape index (κ3) is 5.12. The number of anilines is 1. The van der Waals surface area contributed by atoms with Crippen LogP contribution in [-0.4, -0.2) is 25.1 Å². The van der Waals surface area contributed by atoms with E-state index >= 15 is 0 Å². The SMILES string of the molecule is Cc1ccc2nc(NC(=O)CCCS(=O)(=O)Cc3ccccc3)sc2c1. The van der Waals surface area contributed by atoms with Gasteiger partial charge < -0.3 is 5.32 Å². The maximum atomic E-state index is 12.1. The van der Waals surface area contributed by atoms with Crippen LogP contribution in [0.25, 0.3) is 10.2 Å². The highest BCUT2D eigenvalue weighted by Gasteiger charge is 2.14. The van der Waals surface area contributed by atoms with Gasteiger partial charge in [-0.1, -0.05) is 47.7 Å². The summed E-state index contributed by atoms with van der Waals surface area (Å²) in [4.78, 5) is 16.4. The van der Waals surface area contributed by atoms with E-state index in [-0.39, 0.29) is 23.8 Å². The average molecular weight is 389 g/mol. The minimum absolute atomic E-state index is 0.00560. The van der Waals surface area contributed by atoms with Gasteiger partial charge in [0.1, 0.15) is 0 Å². The van der Waals surface area contributed by atoms with Crippen molar-refractivity contribution in [3.05, 3.63) is 59.7 Å². The Bertz CT molecular complexity index is 1010. The Hall–Kier alpha value is -2.25. The molecule has 0 aliphatic heterocycles. The number of carbonyl (C=O) groups is 1. The Balaban J connectivity index is 1.50. The van der Waals surface area contributed by atoms with Gasteiger partial charge in [-0.15, -0.1) is 0 Å². The first kappa shape index (κ1) is 18.5. The number of carbonyl (C=O) groups excluding carboxylic acids is 1. The van der Waals surface area contributed by atoms with Crippen LogP contribution in [0.2, 0.25) is 0 Å². The normalized spacial score (nSPS) is 11.6. The molecule has 0 aliphatic carbocycles. The Labute approximate surface area is 157 Å². The number of thiazole rings is 1. The van der Waals surface area contributed by atoms with Gasteiger partial charge in [-0.3, -0.25) is 4.79 Å². The highest BCUT2D eigenvalue weighted by molar-refractivity contribution is 7.90. The minimum Gasteiger partial charge on any atom is -0.302 e. The molecule has 5 nitrogen and oxygen atoms in total. The predicted molar refractivity (Wildman–Crippen MR) is 106 cm³/mol. The number of hydrogen-bond acceptors (Lipinski definition) is 5. The summed E-state index contributed by atoms with van der Waals surface area (Å²) in [6.45, 7) is 2.01. The van der Waals surface area contributed by atoms with Crippen LogP contribution in [0, 0.1) is 6.92 Å². The third-order valence-electron chi connectivity index (χ3n) is 3.88. The van der Waals surface area contributed by atoms with E-state index in [0.29, 0.717) is 11.6 Å². The van der Waals surface area contributed by atoms with Gasteiger partial charge in [0.2, 0.25) is 5.91 Å². The fourth-order valence-electron chi connectivity index (χ4n) is 2.62. The van der Waals surface area contributed by atoms with Crippen LogP contribution < -0.4 is 5.32 Å². The van der Waals surface area contributed by atoms with Gasteiger partial charge in [-0.25, -0.2) is 13.4 Å². The zero-order valence-corrected chi connectivity index (χ0v) is 16.1.